The van der Waals surface area contributed by atoms with Gasteiger partial charge in [0.25, 0.3) is 0 Å². The Balaban J connectivity index is 1.80. The molecule has 2 fully saturated rings. The maximum absolute atomic E-state index is 12.6. The molecule has 2 saturated heterocycles. The van der Waals surface area contributed by atoms with Gasteiger partial charge in [0.15, 0.2) is 0 Å². The highest BCUT2D eigenvalue weighted by Gasteiger charge is 2.40. The van der Waals surface area contributed by atoms with Crippen LogP contribution in [0.3, 0.4) is 0 Å². The second kappa shape index (κ2) is 7.57. The average Bonchev–Trinajstić information content (AvgIpc) is 2.88. The van der Waals surface area contributed by atoms with Gasteiger partial charge in [-0.3, -0.25) is 14.4 Å². The van der Waals surface area contributed by atoms with Crippen molar-refractivity contribution in [3.63, 3.8) is 0 Å². The van der Waals surface area contributed by atoms with Crippen molar-refractivity contribution in [1.29, 1.82) is 0 Å². The molecule has 0 spiro atoms. The highest BCUT2D eigenvalue weighted by Crippen LogP contribution is 2.26. The third kappa shape index (κ3) is 5.45. The molecule has 3 amide bonds. The Bertz CT molecular complexity index is 552. The molecule has 2 aliphatic heterocycles. The van der Waals surface area contributed by atoms with Crippen LogP contribution in [0.25, 0.3) is 0 Å². The lowest BCUT2D eigenvalue weighted by Crippen LogP contribution is -2.49. The third-order valence-corrected chi connectivity index (χ3v) is 5.18. The Labute approximate surface area is 157 Å². The summed E-state index contributed by atoms with van der Waals surface area (Å²) in [5.41, 5.74) is -0.249. The standard InChI is InChI=1S/C20H35N3O3/c1-19(2,3)12-17(25)22-9-7-15(8-10-22)21-18(26)14-11-16(24)23(13-14)20(4,5)6/h14-15H,7-13H2,1-6H3,(H,21,26). The molecule has 26 heavy (non-hydrogen) atoms. The predicted molar refractivity (Wildman–Crippen MR) is 101 cm³/mol. The molecule has 6 heteroatoms. The molecule has 6 nitrogen and oxygen atoms in total. The van der Waals surface area contributed by atoms with E-state index in [1.165, 1.54) is 0 Å². The molecule has 0 aliphatic carbocycles. The van der Waals surface area contributed by atoms with E-state index in [4.69, 9.17) is 0 Å². The van der Waals surface area contributed by atoms with E-state index in [0.29, 0.717) is 32.5 Å². The SMILES string of the molecule is CC(C)(C)CC(=O)N1CCC(NC(=O)C2CC(=O)N(C(C)(C)C)C2)CC1. The first-order valence-electron chi connectivity index (χ1n) is 9.75. The smallest absolute Gasteiger partial charge is 0.225 e. The van der Waals surface area contributed by atoms with Gasteiger partial charge in [-0.25, -0.2) is 0 Å². The number of hydrogen-bond acceptors (Lipinski definition) is 3. The van der Waals surface area contributed by atoms with Gasteiger partial charge in [-0.1, -0.05) is 20.8 Å². The van der Waals surface area contributed by atoms with E-state index in [1.807, 2.05) is 25.7 Å². The molecule has 0 aromatic carbocycles. The Morgan fingerprint density at radius 1 is 1.08 bits per heavy atom. The van der Waals surface area contributed by atoms with E-state index >= 15 is 0 Å². The number of nitrogens with one attached hydrogen (secondary N) is 1. The van der Waals surface area contributed by atoms with Crippen LogP contribution < -0.4 is 5.32 Å². The summed E-state index contributed by atoms with van der Waals surface area (Å²) in [6.07, 6.45) is 2.42. The van der Waals surface area contributed by atoms with E-state index in [-0.39, 0.29) is 40.6 Å². The fourth-order valence-corrected chi connectivity index (χ4v) is 3.69. The summed E-state index contributed by atoms with van der Waals surface area (Å²) in [7, 11) is 0. The first-order chi connectivity index (χ1) is 11.9. The van der Waals surface area contributed by atoms with Crippen LogP contribution in [-0.4, -0.2) is 58.7 Å². The number of piperidine rings is 1. The van der Waals surface area contributed by atoms with Gasteiger partial charge in [-0.15, -0.1) is 0 Å². The van der Waals surface area contributed by atoms with E-state index in [9.17, 15) is 14.4 Å². The molecule has 0 aromatic rings. The summed E-state index contributed by atoms with van der Waals surface area (Å²) in [4.78, 5) is 40.7. The largest absolute Gasteiger partial charge is 0.353 e. The number of amides is 3. The van der Waals surface area contributed by atoms with Gasteiger partial charge in [0.05, 0.1) is 5.92 Å². The van der Waals surface area contributed by atoms with Crippen LogP contribution in [0.5, 0.6) is 0 Å². The zero-order chi connectivity index (χ0) is 19.7. The molecule has 148 valence electrons. The van der Waals surface area contributed by atoms with Gasteiger partial charge in [0.2, 0.25) is 17.7 Å². The van der Waals surface area contributed by atoms with Crippen LogP contribution >= 0.6 is 0 Å². The molecular formula is C20H35N3O3. The first-order valence-corrected chi connectivity index (χ1v) is 9.75. The summed E-state index contributed by atoms with van der Waals surface area (Å²) < 4.78 is 0. The summed E-state index contributed by atoms with van der Waals surface area (Å²) in [6, 6.07) is 0.0972. The number of carbonyl (C=O) groups is 3. The van der Waals surface area contributed by atoms with Crippen molar-refractivity contribution in [2.45, 2.75) is 78.8 Å². The number of nitrogens with zero attached hydrogens (tertiary/aromatic N) is 2. The predicted octanol–water partition coefficient (Wildman–Crippen LogP) is 2.18. The minimum Gasteiger partial charge on any atom is -0.353 e. The van der Waals surface area contributed by atoms with Crippen molar-refractivity contribution in [1.82, 2.24) is 15.1 Å². The molecule has 1 unspecified atom stereocenters. The molecule has 0 aromatic heterocycles. The maximum atomic E-state index is 12.6. The van der Waals surface area contributed by atoms with Gasteiger partial charge >= 0.3 is 0 Å². The fraction of sp³-hybridized carbons (Fsp3) is 0.850. The molecule has 2 heterocycles. The van der Waals surface area contributed by atoms with E-state index in [2.05, 4.69) is 26.1 Å². The number of rotatable bonds is 3. The first kappa shape index (κ1) is 20.7. The maximum Gasteiger partial charge on any atom is 0.225 e. The number of carbonyl (C=O) groups excluding carboxylic acids is 3. The quantitative estimate of drug-likeness (QED) is 0.833. The molecule has 0 radical (unpaired) electrons. The van der Waals surface area contributed by atoms with Crippen LogP contribution in [0.2, 0.25) is 0 Å². The second-order valence-corrected chi connectivity index (χ2v) is 9.98. The molecule has 2 aliphatic rings. The number of hydrogen-bond donors (Lipinski definition) is 1. The lowest BCUT2D eigenvalue weighted by molar-refractivity contribution is -0.134. The minimum absolute atomic E-state index is 0.00388. The third-order valence-electron chi connectivity index (χ3n) is 5.18. The zero-order valence-corrected chi connectivity index (χ0v) is 17.2. The van der Waals surface area contributed by atoms with Gasteiger partial charge in [0, 0.05) is 44.1 Å². The molecule has 2 rings (SSSR count). The molecular weight excluding hydrogens is 330 g/mol. The van der Waals surface area contributed by atoms with Crippen molar-refractivity contribution < 1.29 is 14.4 Å². The Morgan fingerprint density at radius 2 is 1.65 bits per heavy atom. The van der Waals surface area contributed by atoms with Gasteiger partial charge < -0.3 is 15.1 Å². The van der Waals surface area contributed by atoms with Crippen LogP contribution in [-0.2, 0) is 14.4 Å². The summed E-state index contributed by atoms with van der Waals surface area (Å²) in [6.45, 7) is 14.1. The minimum atomic E-state index is -0.262. The second-order valence-electron chi connectivity index (χ2n) is 9.98. The van der Waals surface area contributed by atoms with Gasteiger partial charge in [-0.2, -0.15) is 0 Å². The van der Waals surface area contributed by atoms with Crippen LogP contribution in [0.1, 0.15) is 67.2 Å². The van der Waals surface area contributed by atoms with Crippen LogP contribution in [0, 0.1) is 11.3 Å². The lowest BCUT2D eigenvalue weighted by atomic mass is 9.91. The normalized spacial score (nSPS) is 22.7. The Kier molecular flexibility index (Phi) is 6.03. The highest BCUT2D eigenvalue weighted by atomic mass is 16.2. The Morgan fingerprint density at radius 3 is 2.12 bits per heavy atom. The van der Waals surface area contributed by atoms with E-state index < -0.39 is 0 Å². The van der Waals surface area contributed by atoms with E-state index in [0.717, 1.165) is 12.8 Å². The van der Waals surface area contributed by atoms with Crippen molar-refractivity contribution in [2.24, 2.45) is 11.3 Å². The molecule has 0 bridgehead atoms. The van der Waals surface area contributed by atoms with Crippen molar-refractivity contribution in [3.8, 4) is 0 Å². The topological polar surface area (TPSA) is 69.7 Å². The summed E-state index contributed by atoms with van der Waals surface area (Å²) >= 11 is 0. The molecule has 1 atom stereocenters. The monoisotopic (exact) mass is 365 g/mol. The molecule has 1 N–H and O–H groups in total. The average molecular weight is 366 g/mol. The van der Waals surface area contributed by atoms with E-state index in [1.54, 1.807) is 4.90 Å². The van der Waals surface area contributed by atoms with Gasteiger partial charge in [-0.05, 0) is 39.0 Å². The number of likely N-dealkylation sites (tertiary alicyclic amines) is 2. The Hall–Kier alpha value is -1.59. The van der Waals surface area contributed by atoms with Crippen molar-refractivity contribution in [3.05, 3.63) is 0 Å². The lowest BCUT2D eigenvalue weighted by Gasteiger charge is -2.34. The van der Waals surface area contributed by atoms with Crippen LogP contribution in [0.15, 0.2) is 0 Å². The fourth-order valence-electron chi connectivity index (χ4n) is 3.69. The molecule has 0 saturated carbocycles. The summed E-state index contributed by atoms with van der Waals surface area (Å²) in [5.74, 6) is -0.0309. The summed E-state index contributed by atoms with van der Waals surface area (Å²) in [5, 5.41) is 3.11. The zero-order valence-electron chi connectivity index (χ0n) is 17.2. The van der Waals surface area contributed by atoms with Gasteiger partial charge in [0.1, 0.15) is 0 Å². The highest BCUT2D eigenvalue weighted by molar-refractivity contribution is 5.89. The van der Waals surface area contributed by atoms with Crippen LogP contribution in [0.4, 0.5) is 0 Å². The van der Waals surface area contributed by atoms with Crippen molar-refractivity contribution in [2.75, 3.05) is 19.6 Å². The van der Waals surface area contributed by atoms with Crippen molar-refractivity contribution >= 4 is 17.7 Å².